The number of amides is 1. The molecule has 0 aliphatic rings. The van der Waals surface area contributed by atoms with Gasteiger partial charge in [0.25, 0.3) is 0 Å². The van der Waals surface area contributed by atoms with Gasteiger partial charge in [-0.25, -0.2) is 5.84 Å². The number of hydrogen-bond acceptors (Lipinski definition) is 7. The molecule has 0 fully saturated rings. The fraction of sp³-hybridized carbons (Fsp3) is 0.750. The van der Waals surface area contributed by atoms with Crippen molar-refractivity contribution in [1.82, 2.24) is 30.9 Å². The van der Waals surface area contributed by atoms with E-state index in [1.54, 1.807) is 7.11 Å². The van der Waals surface area contributed by atoms with Gasteiger partial charge >= 0.3 is 0 Å². The van der Waals surface area contributed by atoms with Crippen LogP contribution in [0.4, 0.5) is 0 Å². The minimum atomic E-state index is -0.190. The molecule has 0 unspecified atom stereocenters. The van der Waals surface area contributed by atoms with Crippen molar-refractivity contribution in [3.63, 3.8) is 0 Å². The van der Waals surface area contributed by atoms with Crippen LogP contribution in [-0.2, 0) is 16.1 Å². The van der Waals surface area contributed by atoms with Crippen molar-refractivity contribution in [3.05, 3.63) is 5.82 Å². The van der Waals surface area contributed by atoms with Crippen LogP contribution in [0.1, 0.15) is 12.2 Å². The van der Waals surface area contributed by atoms with Gasteiger partial charge in [0.05, 0.1) is 13.1 Å². The number of methoxy groups -OCH3 is 1. The zero-order chi connectivity index (χ0) is 12.5. The number of tetrazole rings is 1. The highest BCUT2D eigenvalue weighted by molar-refractivity contribution is 5.77. The van der Waals surface area contributed by atoms with Crippen molar-refractivity contribution in [2.45, 2.75) is 13.0 Å². The molecule has 1 aromatic rings. The van der Waals surface area contributed by atoms with Crippen molar-refractivity contribution >= 4 is 5.91 Å². The van der Waals surface area contributed by atoms with Crippen LogP contribution in [-0.4, -0.2) is 58.3 Å². The number of aromatic nitrogens is 4. The molecule has 4 N–H and O–H groups in total. The van der Waals surface area contributed by atoms with Crippen LogP contribution in [0, 0.1) is 0 Å². The molecule has 9 heteroatoms. The Labute approximate surface area is 98.7 Å². The summed E-state index contributed by atoms with van der Waals surface area (Å²) in [4.78, 5) is 11.5. The molecule has 96 valence electrons. The van der Waals surface area contributed by atoms with Crippen LogP contribution in [0.2, 0.25) is 0 Å². The second-order valence-corrected chi connectivity index (χ2v) is 3.37. The average Bonchev–Trinajstić information content (AvgIpc) is 2.82. The summed E-state index contributed by atoms with van der Waals surface area (Å²) >= 11 is 0. The van der Waals surface area contributed by atoms with Gasteiger partial charge in [-0.05, 0) is 6.42 Å². The second-order valence-electron chi connectivity index (χ2n) is 3.37. The first-order valence-electron chi connectivity index (χ1n) is 5.21. The lowest BCUT2D eigenvalue weighted by Gasteiger charge is -2.16. The smallest absolute Gasteiger partial charge is 0.250 e. The van der Waals surface area contributed by atoms with Gasteiger partial charge < -0.3 is 10.1 Å². The molecule has 0 saturated heterocycles. The largest absolute Gasteiger partial charge is 0.385 e. The lowest BCUT2D eigenvalue weighted by atomic mass is 10.4. The number of nitrogens with one attached hydrogen (secondary N) is 2. The fourth-order valence-corrected chi connectivity index (χ4v) is 1.14. The molecular weight excluding hydrogens is 226 g/mol. The molecule has 1 amide bonds. The quantitative estimate of drug-likeness (QED) is 0.209. The van der Waals surface area contributed by atoms with E-state index in [1.807, 2.05) is 0 Å². The highest BCUT2D eigenvalue weighted by Crippen LogP contribution is 1.87. The summed E-state index contributed by atoms with van der Waals surface area (Å²) in [6.07, 6.45) is 0.712. The summed E-state index contributed by atoms with van der Waals surface area (Å²) in [5.74, 6) is 5.87. The average molecular weight is 243 g/mol. The Morgan fingerprint density at radius 3 is 3.12 bits per heavy atom. The molecule has 0 atom stereocenters. The van der Waals surface area contributed by atoms with E-state index in [2.05, 4.69) is 25.9 Å². The monoisotopic (exact) mass is 243 g/mol. The van der Waals surface area contributed by atoms with Gasteiger partial charge in [-0.3, -0.25) is 9.80 Å². The lowest BCUT2D eigenvalue weighted by Crippen LogP contribution is -2.43. The summed E-state index contributed by atoms with van der Waals surface area (Å²) in [6, 6.07) is 0. The third-order valence-corrected chi connectivity index (χ3v) is 2.02. The van der Waals surface area contributed by atoms with E-state index in [9.17, 15) is 4.79 Å². The summed E-state index contributed by atoms with van der Waals surface area (Å²) in [5, 5.41) is 17.2. The predicted octanol–water partition coefficient (Wildman–Crippen LogP) is -1.97. The summed E-state index contributed by atoms with van der Waals surface area (Å²) in [7, 11) is 1.61. The van der Waals surface area contributed by atoms with Crippen LogP contribution < -0.4 is 11.2 Å². The third-order valence-electron chi connectivity index (χ3n) is 2.02. The van der Waals surface area contributed by atoms with Gasteiger partial charge in [0, 0.05) is 20.3 Å². The Balaban J connectivity index is 2.11. The Morgan fingerprint density at radius 1 is 1.65 bits per heavy atom. The molecule has 0 radical (unpaired) electrons. The van der Waals surface area contributed by atoms with Gasteiger partial charge in [-0.1, -0.05) is 5.21 Å². The van der Waals surface area contributed by atoms with E-state index in [4.69, 9.17) is 10.6 Å². The van der Waals surface area contributed by atoms with Crippen molar-refractivity contribution < 1.29 is 9.53 Å². The van der Waals surface area contributed by atoms with Gasteiger partial charge in [0.2, 0.25) is 5.91 Å². The van der Waals surface area contributed by atoms with Crippen molar-refractivity contribution in [1.29, 1.82) is 0 Å². The molecule has 17 heavy (non-hydrogen) atoms. The SMILES string of the molecule is COCCCN(N)C(=O)CNCc1nn[nH]n1. The Morgan fingerprint density at radius 2 is 2.47 bits per heavy atom. The first-order valence-corrected chi connectivity index (χ1v) is 5.21. The van der Waals surface area contributed by atoms with E-state index in [1.165, 1.54) is 5.01 Å². The molecule has 1 aromatic heterocycles. The summed E-state index contributed by atoms with van der Waals surface area (Å²) < 4.78 is 4.87. The highest BCUT2D eigenvalue weighted by Gasteiger charge is 2.08. The number of ether oxygens (including phenoxy) is 1. The van der Waals surface area contributed by atoms with Crippen molar-refractivity contribution in [2.75, 3.05) is 26.8 Å². The molecule has 1 heterocycles. The fourth-order valence-electron chi connectivity index (χ4n) is 1.14. The minimum Gasteiger partial charge on any atom is -0.385 e. The molecule has 0 aliphatic carbocycles. The van der Waals surface area contributed by atoms with Crippen LogP contribution in [0.3, 0.4) is 0 Å². The Kier molecular flexibility index (Phi) is 6.07. The van der Waals surface area contributed by atoms with Crippen LogP contribution >= 0.6 is 0 Å². The molecule has 1 rings (SSSR count). The zero-order valence-corrected chi connectivity index (χ0v) is 9.72. The Hall–Kier alpha value is -1.58. The lowest BCUT2D eigenvalue weighted by molar-refractivity contribution is -0.130. The maximum atomic E-state index is 11.5. The maximum Gasteiger partial charge on any atom is 0.250 e. The normalized spacial score (nSPS) is 10.5. The minimum absolute atomic E-state index is 0.137. The number of rotatable bonds is 8. The second kappa shape index (κ2) is 7.65. The van der Waals surface area contributed by atoms with E-state index >= 15 is 0 Å². The van der Waals surface area contributed by atoms with Gasteiger partial charge in [0.15, 0.2) is 5.82 Å². The molecule has 9 nitrogen and oxygen atoms in total. The maximum absolute atomic E-state index is 11.5. The topological polar surface area (TPSA) is 122 Å². The van der Waals surface area contributed by atoms with E-state index in [0.717, 1.165) is 0 Å². The highest BCUT2D eigenvalue weighted by atomic mass is 16.5. The summed E-state index contributed by atoms with van der Waals surface area (Å²) in [5.41, 5.74) is 0. The van der Waals surface area contributed by atoms with E-state index < -0.39 is 0 Å². The number of nitrogens with zero attached hydrogens (tertiary/aromatic N) is 4. The number of carbonyl (C=O) groups excluding carboxylic acids is 1. The zero-order valence-electron chi connectivity index (χ0n) is 9.72. The standard InChI is InChI=1S/C8H17N7O2/c1-17-4-2-3-15(9)8(16)6-10-5-7-11-13-14-12-7/h10H,2-6,9H2,1H3,(H,11,12,13,14). The molecule has 0 spiro atoms. The van der Waals surface area contributed by atoms with Gasteiger partial charge in [-0.15, -0.1) is 10.2 Å². The third kappa shape index (κ3) is 5.33. The number of hydrogen-bond donors (Lipinski definition) is 3. The van der Waals surface area contributed by atoms with Crippen LogP contribution in [0.25, 0.3) is 0 Å². The van der Waals surface area contributed by atoms with Crippen LogP contribution in [0.5, 0.6) is 0 Å². The van der Waals surface area contributed by atoms with E-state index in [0.29, 0.717) is 31.9 Å². The number of hydrazine groups is 1. The molecule has 0 aliphatic heterocycles. The van der Waals surface area contributed by atoms with Gasteiger partial charge in [-0.2, -0.15) is 5.21 Å². The van der Waals surface area contributed by atoms with Crippen molar-refractivity contribution in [3.8, 4) is 0 Å². The number of nitrogens with two attached hydrogens (primary N) is 1. The van der Waals surface area contributed by atoms with Gasteiger partial charge in [0.1, 0.15) is 0 Å². The number of carbonyl (C=O) groups is 1. The van der Waals surface area contributed by atoms with Crippen molar-refractivity contribution in [2.24, 2.45) is 5.84 Å². The number of H-pyrrole nitrogens is 1. The summed E-state index contributed by atoms with van der Waals surface area (Å²) in [6.45, 7) is 1.56. The molecule has 0 aromatic carbocycles. The first kappa shape index (κ1) is 13.5. The van der Waals surface area contributed by atoms with E-state index in [-0.39, 0.29) is 12.5 Å². The van der Waals surface area contributed by atoms with Crippen LogP contribution in [0.15, 0.2) is 0 Å². The molecular formula is C8H17N7O2. The first-order chi connectivity index (χ1) is 8.24. The molecule has 0 saturated carbocycles. The number of aromatic amines is 1. The Bertz CT molecular complexity index is 316. The predicted molar refractivity (Wildman–Crippen MR) is 58.3 cm³/mol. The molecule has 0 bridgehead atoms.